The van der Waals surface area contributed by atoms with Crippen molar-refractivity contribution in [2.45, 2.75) is 20.3 Å². The topological polar surface area (TPSA) is 63.2 Å². The normalized spacial score (nSPS) is 11.3. The largest absolute Gasteiger partial charge is 0.295 e. The van der Waals surface area contributed by atoms with E-state index in [1.807, 2.05) is 0 Å². The molecule has 23 heavy (non-hydrogen) atoms. The molecule has 0 aliphatic carbocycles. The van der Waals surface area contributed by atoms with Gasteiger partial charge in [-0.15, -0.1) is 0 Å². The molecular formula is C17H18FNO3S. The summed E-state index contributed by atoms with van der Waals surface area (Å²) in [5, 5.41) is 0. The van der Waals surface area contributed by atoms with Crippen LogP contribution in [0.1, 0.15) is 28.4 Å². The zero-order valence-corrected chi connectivity index (χ0v) is 13.8. The van der Waals surface area contributed by atoms with Gasteiger partial charge in [-0.25, -0.2) is 12.8 Å². The predicted octanol–water partition coefficient (Wildman–Crippen LogP) is 3.32. The number of Topliss-reactive ketones (excluding diaryl/α,β-unsaturated/α-hetero) is 1. The second kappa shape index (κ2) is 6.91. The van der Waals surface area contributed by atoms with Gasteiger partial charge in [-0.1, -0.05) is 30.3 Å². The van der Waals surface area contributed by atoms with Crippen LogP contribution in [0, 0.1) is 12.7 Å². The van der Waals surface area contributed by atoms with E-state index < -0.39 is 15.8 Å². The second-order valence-corrected chi connectivity index (χ2v) is 7.19. The number of halogens is 1. The number of hydrogen-bond donors (Lipinski definition) is 1. The van der Waals surface area contributed by atoms with Gasteiger partial charge in [0.25, 0.3) is 0 Å². The molecule has 2 rings (SSSR count). The Bertz CT molecular complexity index is 831. The summed E-state index contributed by atoms with van der Waals surface area (Å²) >= 11 is 0. The fourth-order valence-electron chi connectivity index (χ4n) is 2.11. The van der Waals surface area contributed by atoms with E-state index in [0.717, 1.165) is 0 Å². The maximum atomic E-state index is 13.5. The van der Waals surface area contributed by atoms with Crippen molar-refractivity contribution in [2.24, 2.45) is 0 Å². The van der Waals surface area contributed by atoms with E-state index in [0.29, 0.717) is 22.4 Å². The highest BCUT2D eigenvalue weighted by atomic mass is 32.2. The van der Waals surface area contributed by atoms with Crippen LogP contribution in [0.15, 0.2) is 42.5 Å². The Morgan fingerprint density at radius 2 is 1.87 bits per heavy atom. The summed E-state index contributed by atoms with van der Waals surface area (Å²) in [6.07, 6.45) is 0.0768. The molecule has 6 heteroatoms. The fourth-order valence-corrected chi connectivity index (χ4v) is 3.26. The van der Waals surface area contributed by atoms with Gasteiger partial charge in [0.1, 0.15) is 5.82 Å². The number of carbonyl (C=O) groups excluding carboxylic acids is 1. The Balaban J connectivity index is 2.14. The first-order chi connectivity index (χ1) is 10.8. The number of anilines is 1. The van der Waals surface area contributed by atoms with Crippen molar-refractivity contribution in [2.75, 3.05) is 10.5 Å². The molecule has 0 spiro atoms. The molecule has 122 valence electrons. The highest BCUT2D eigenvalue weighted by Gasteiger charge is 2.14. The van der Waals surface area contributed by atoms with Gasteiger partial charge in [0.15, 0.2) is 5.78 Å². The van der Waals surface area contributed by atoms with Gasteiger partial charge < -0.3 is 0 Å². The number of sulfonamides is 1. The molecule has 4 nitrogen and oxygen atoms in total. The average molecular weight is 335 g/mol. The molecule has 1 N–H and O–H groups in total. The van der Waals surface area contributed by atoms with Crippen LogP contribution in [0.2, 0.25) is 0 Å². The predicted molar refractivity (Wildman–Crippen MR) is 88.7 cm³/mol. The van der Waals surface area contributed by atoms with Gasteiger partial charge in [0.05, 0.1) is 11.4 Å². The lowest BCUT2D eigenvalue weighted by Gasteiger charge is -2.12. The van der Waals surface area contributed by atoms with Crippen LogP contribution in [0.25, 0.3) is 0 Å². The number of carbonyl (C=O) groups is 1. The summed E-state index contributed by atoms with van der Waals surface area (Å²) in [6.45, 7) is 3.17. The van der Waals surface area contributed by atoms with Gasteiger partial charge in [0.2, 0.25) is 10.0 Å². The van der Waals surface area contributed by atoms with Gasteiger partial charge in [-0.3, -0.25) is 9.52 Å². The van der Waals surface area contributed by atoms with Crippen LogP contribution < -0.4 is 4.72 Å². The highest BCUT2D eigenvalue weighted by molar-refractivity contribution is 7.92. The lowest BCUT2D eigenvalue weighted by atomic mass is 10.1. The van der Waals surface area contributed by atoms with Crippen LogP contribution in [0.5, 0.6) is 0 Å². The molecule has 2 aromatic rings. The lowest BCUT2D eigenvalue weighted by Crippen LogP contribution is -2.19. The minimum atomic E-state index is -3.64. The van der Waals surface area contributed by atoms with Crippen LogP contribution in [-0.4, -0.2) is 20.0 Å². The first-order valence-electron chi connectivity index (χ1n) is 7.14. The van der Waals surface area contributed by atoms with Crippen molar-refractivity contribution in [3.05, 3.63) is 65.0 Å². The molecule has 0 unspecified atom stereocenters. The van der Waals surface area contributed by atoms with E-state index in [9.17, 15) is 17.6 Å². The minimum Gasteiger partial charge on any atom is -0.295 e. The number of benzene rings is 2. The van der Waals surface area contributed by atoms with Crippen LogP contribution in [-0.2, 0) is 16.4 Å². The Labute approximate surface area is 135 Å². The van der Waals surface area contributed by atoms with E-state index in [4.69, 9.17) is 0 Å². The fraction of sp³-hybridized carbons (Fsp3) is 0.235. The zero-order chi connectivity index (χ0) is 17.0. The molecule has 2 aromatic carbocycles. The summed E-state index contributed by atoms with van der Waals surface area (Å²) in [5.74, 6) is -0.799. The molecule has 0 bridgehead atoms. The Morgan fingerprint density at radius 3 is 2.52 bits per heavy atom. The molecule has 0 atom stereocenters. The number of ketones is 1. The highest BCUT2D eigenvalue weighted by Crippen LogP contribution is 2.19. The van der Waals surface area contributed by atoms with E-state index in [2.05, 4.69) is 4.72 Å². The Kier molecular flexibility index (Phi) is 5.15. The molecular weight excluding hydrogens is 317 g/mol. The molecule has 0 aliphatic rings. The summed E-state index contributed by atoms with van der Waals surface area (Å²) in [5.41, 5.74) is 1.87. The van der Waals surface area contributed by atoms with Crippen molar-refractivity contribution in [3.63, 3.8) is 0 Å². The maximum Gasteiger partial charge on any atom is 0.233 e. The second-order valence-electron chi connectivity index (χ2n) is 5.35. The average Bonchev–Trinajstić information content (AvgIpc) is 2.48. The Hall–Kier alpha value is -2.21. The van der Waals surface area contributed by atoms with Gasteiger partial charge in [-0.05, 0) is 43.5 Å². The first-order valence-corrected chi connectivity index (χ1v) is 8.79. The SMILES string of the molecule is CC(=O)c1ccc(C)c(NS(=O)(=O)CCc2ccccc2F)c1. The smallest absolute Gasteiger partial charge is 0.233 e. The molecule has 0 fully saturated rings. The van der Waals surface area contributed by atoms with Crippen molar-refractivity contribution in [1.82, 2.24) is 0 Å². The summed E-state index contributed by atoms with van der Waals surface area (Å²) in [7, 11) is -3.64. The van der Waals surface area contributed by atoms with Crippen molar-refractivity contribution in [3.8, 4) is 0 Å². The number of rotatable bonds is 6. The van der Waals surface area contributed by atoms with Gasteiger partial charge >= 0.3 is 0 Å². The van der Waals surface area contributed by atoms with Gasteiger partial charge in [0, 0.05) is 5.56 Å². The van der Waals surface area contributed by atoms with Crippen LogP contribution >= 0.6 is 0 Å². The van der Waals surface area contributed by atoms with Crippen LogP contribution in [0.4, 0.5) is 10.1 Å². The standard InChI is InChI=1S/C17H18FNO3S/c1-12-7-8-15(13(2)20)11-17(12)19-23(21,22)10-9-14-5-3-4-6-16(14)18/h3-8,11,19H,9-10H2,1-2H3. The van der Waals surface area contributed by atoms with E-state index in [1.165, 1.54) is 19.1 Å². The van der Waals surface area contributed by atoms with Crippen molar-refractivity contribution in [1.29, 1.82) is 0 Å². The zero-order valence-electron chi connectivity index (χ0n) is 13.0. The Morgan fingerprint density at radius 1 is 1.17 bits per heavy atom. The summed E-state index contributed by atoms with van der Waals surface area (Å²) in [6, 6.07) is 10.9. The third kappa shape index (κ3) is 4.63. The minimum absolute atomic E-state index is 0.0768. The monoisotopic (exact) mass is 335 g/mol. The maximum absolute atomic E-state index is 13.5. The number of aryl methyl sites for hydroxylation is 2. The molecule has 0 amide bonds. The molecule has 0 aromatic heterocycles. The number of hydrogen-bond acceptors (Lipinski definition) is 3. The first kappa shape index (κ1) is 17.1. The quantitative estimate of drug-likeness (QED) is 0.824. The van der Waals surface area contributed by atoms with Crippen LogP contribution in [0.3, 0.4) is 0 Å². The summed E-state index contributed by atoms with van der Waals surface area (Å²) < 4.78 is 40.4. The third-order valence-corrected chi connectivity index (χ3v) is 4.78. The van der Waals surface area contributed by atoms with Gasteiger partial charge in [-0.2, -0.15) is 0 Å². The summed E-state index contributed by atoms with van der Waals surface area (Å²) in [4.78, 5) is 11.4. The van der Waals surface area contributed by atoms with Crippen molar-refractivity contribution < 1.29 is 17.6 Å². The van der Waals surface area contributed by atoms with E-state index >= 15 is 0 Å². The molecule has 0 saturated carbocycles. The molecule has 0 saturated heterocycles. The third-order valence-electron chi connectivity index (χ3n) is 3.51. The molecule has 0 heterocycles. The van der Waals surface area contributed by atoms with E-state index in [-0.39, 0.29) is 18.0 Å². The molecule has 0 aliphatic heterocycles. The number of nitrogens with one attached hydrogen (secondary N) is 1. The molecule has 0 radical (unpaired) electrons. The lowest BCUT2D eigenvalue weighted by molar-refractivity contribution is 0.101. The van der Waals surface area contributed by atoms with Crippen molar-refractivity contribution >= 4 is 21.5 Å². The van der Waals surface area contributed by atoms with E-state index in [1.54, 1.807) is 37.3 Å².